The Morgan fingerprint density at radius 1 is 1.14 bits per heavy atom. The number of nitrogens with zero attached hydrogens (tertiary/aromatic N) is 5. The summed E-state index contributed by atoms with van der Waals surface area (Å²) < 4.78 is 55.9. The van der Waals surface area contributed by atoms with E-state index in [1.807, 2.05) is 18.1 Å². The van der Waals surface area contributed by atoms with Gasteiger partial charge in [-0.3, -0.25) is 23.8 Å². The first-order valence-electron chi connectivity index (χ1n) is 13.9. The maximum Gasteiger partial charge on any atom is 0.508 e. The maximum absolute atomic E-state index is 15.2. The Bertz CT molecular complexity index is 1400. The van der Waals surface area contributed by atoms with Crippen LogP contribution in [0.4, 0.5) is 25.4 Å². The highest BCUT2D eigenvalue weighted by Crippen LogP contribution is 2.35. The average Bonchev–Trinajstić information content (AvgIpc) is 3.52. The van der Waals surface area contributed by atoms with Crippen molar-refractivity contribution in [2.45, 2.75) is 85.0 Å². The summed E-state index contributed by atoms with van der Waals surface area (Å²) in [7, 11) is 0.382. The van der Waals surface area contributed by atoms with E-state index in [1.54, 1.807) is 58.4 Å². The monoisotopic (exact) mass is 638 g/mol. The van der Waals surface area contributed by atoms with Gasteiger partial charge in [-0.1, -0.05) is 0 Å². The van der Waals surface area contributed by atoms with Crippen molar-refractivity contribution in [3.63, 3.8) is 0 Å². The van der Waals surface area contributed by atoms with Gasteiger partial charge in [-0.2, -0.15) is 5.10 Å². The number of amides is 3. The van der Waals surface area contributed by atoms with Crippen LogP contribution in [0.3, 0.4) is 0 Å². The summed E-state index contributed by atoms with van der Waals surface area (Å²) in [6.45, 7) is 11.4. The van der Waals surface area contributed by atoms with Crippen LogP contribution in [0.25, 0.3) is 0 Å². The second kappa shape index (κ2) is 12.4. The number of benzene rings is 1. The quantitative estimate of drug-likeness (QED) is 0.281. The van der Waals surface area contributed by atoms with Crippen LogP contribution in [-0.4, -0.2) is 69.3 Å². The molecule has 2 aliphatic heterocycles. The van der Waals surface area contributed by atoms with Crippen molar-refractivity contribution in [1.29, 1.82) is 0 Å². The molecule has 1 saturated heterocycles. The SMILES string of the molecule is CC(=O)N(CC1CN(c2ccc(N3Cc4cn(C)nc4C3)c(F)c2)C(=O)O1)C(=O)OC(O[PH+]=O)(OC(C)(C)C)OC(C)(C)C. The van der Waals surface area contributed by atoms with Crippen molar-refractivity contribution in [2.24, 2.45) is 7.05 Å². The van der Waals surface area contributed by atoms with Crippen LogP contribution in [0.1, 0.15) is 59.7 Å². The summed E-state index contributed by atoms with van der Waals surface area (Å²) in [5.74, 6) is -1.28. The number of halogens is 1. The second-order valence-corrected chi connectivity index (χ2v) is 12.9. The molecule has 16 heteroatoms. The third kappa shape index (κ3) is 7.89. The van der Waals surface area contributed by atoms with Crippen molar-refractivity contribution >= 4 is 38.2 Å². The van der Waals surface area contributed by atoms with E-state index in [0.29, 0.717) is 23.7 Å². The Morgan fingerprint density at radius 3 is 2.34 bits per heavy atom. The first kappa shape index (κ1) is 33.2. The summed E-state index contributed by atoms with van der Waals surface area (Å²) >= 11 is 0. The summed E-state index contributed by atoms with van der Waals surface area (Å²) in [4.78, 5) is 42.3. The number of anilines is 2. The Morgan fingerprint density at radius 2 is 1.80 bits per heavy atom. The molecule has 2 atom stereocenters. The molecule has 3 amide bonds. The molecule has 1 fully saturated rings. The summed E-state index contributed by atoms with van der Waals surface area (Å²) in [5, 5.41) is 4.39. The smallest absolute Gasteiger partial charge is 0.442 e. The lowest BCUT2D eigenvalue weighted by Gasteiger charge is -2.37. The number of ether oxygens (including phenoxy) is 4. The van der Waals surface area contributed by atoms with Gasteiger partial charge in [0.2, 0.25) is 5.91 Å². The first-order valence-corrected chi connectivity index (χ1v) is 14.7. The van der Waals surface area contributed by atoms with Gasteiger partial charge in [-0.25, -0.2) is 18.9 Å². The number of cyclic esters (lactones) is 1. The number of imide groups is 1. The molecule has 44 heavy (non-hydrogen) atoms. The highest BCUT2D eigenvalue weighted by atomic mass is 31.1. The van der Waals surface area contributed by atoms with Crippen LogP contribution in [0.5, 0.6) is 0 Å². The molecule has 14 nitrogen and oxygen atoms in total. The zero-order valence-corrected chi connectivity index (χ0v) is 27.0. The van der Waals surface area contributed by atoms with Gasteiger partial charge in [0.25, 0.3) is 0 Å². The standard InChI is InChI=1S/C28H38FN5O9P/c1-17(35)33(25(37)40-28(43-44-38,41-26(2,3)4)42-27(5,6)7)14-20-15-34(24(36)39-20)19-9-10-23(21(29)11-19)32-13-18-12-31(8)30-22(18)16-32/h9-12,20,44H,13-16H2,1-8H3/q+1. The summed E-state index contributed by atoms with van der Waals surface area (Å²) in [6.07, 6.45) is -3.68. The van der Waals surface area contributed by atoms with E-state index >= 15 is 4.39 Å². The van der Waals surface area contributed by atoms with Gasteiger partial charge in [0.1, 0.15) is 11.9 Å². The van der Waals surface area contributed by atoms with Crippen molar-refractivity contribution in [2.75, 3.05) is 22.9 Å². The van der Waals surface area contributed by atoms with Crippen LogP contribution in [0.2, 0.25) is 0 Å². The van der Waals surface area contributed by atoms with Crippen LogP contribution in [-0.2, 0) is 53.0 Å². The molecule has 0 aliphatic carbocycles. The number of carbonyl (C=O) groups is 3. The fourth-order valence-electron chi connectivity index (χ4n) is 4.83. The van der Waals surface area contributed by atoms with Crippen molar-refractivity contribution < 1.29 is 46.8 Å². The van der Waals surface area contributed by atoms with Crippen LogP contribution >= 0.6 is 8.69 Å². The lowest BCUT2D eigenvalue weighted by Crippen LogP contribution is -2.53. The minimum absolute atomic E-state index is 0.0883. The number of aryl methyl sites for hydroxylation is 1. The van der Waals surface area contributed by atoms with Gasteiger partial charge in [0.15, 0.2) is 0 Å². The third-order valence-electron chi connectivity index (χ3n) is 6.38. The minimum atomic E-state index is -2.56. The predicted octanol–water partition coefficient (Wildman–Crippen LogP) is 4.59. The highest BCUT2D eigenvalue weighted by molar-refractivity contribution is 7.17. The van der Waals surface area contributed by atoms with E-state index in [2.05, 4.69) is 5.10 Å². The molecule has 1 aromatic carbocycles. The van der Waals surface area contributed by atoms with Gasteiger partial charge in [-0.15, -0.1) is 0 Å². The molecule has 1 aromatic heterocycles. The maximum atomic E-state index is 15.2. The van der Waals surface area contributed by atoms with Crippen molar-refractivity contribution in [1.82, 2.24) is 14.7 Å². The molecule has 0 radical (unpaired) electrons. The zero-order valence-electron chi connectivity index (χ0n) is 26.0. The minimum Gasteiger partial charge on any atom is -0.442 e. The molecule has 2 aliphatic rings. The van der Waals surface area contributed by atoms with Crippen LogP contribution in [0, 0.1) is 5.82 Å². The molecule has 0 bridgehead atoms. The molecule has 240 valence electrons. The molecule has 3 heterocycles. The molecule has 4 rings (SSSR count). The van der Waals surface area contributed by atoms with Gasteiger partial charge in [0.05, 0.1) is 47.9 Å². The van der Waals surface area contributed by atoms with E-state index in [4.69, 9.17) is 23.5 Å². The van der Waals surface area contributed by atoms with E-state index in [-0.39, 0.29) is 12.2 Å². The van der Waals surface area contributed by atoms with Gasteiger partial charge in [0, 0.05) is 32.3 Å². The van der Waals surface area contributed by atoms with E-state index in [1.165, 1.54) is 11.0 Å². The molecule has 0 N–H and O–H groups in total. The number of fused-ring (bicyclic) bond motifs is 1. The first-order chi connectivity index (χ1) is 20.4. The lowest BCUT2D eigenvalue weighted by atomic mass is 10.2. The molecule has 2 aromatic rings. The number of carbonyl (C=O) groups excluding carboxylic acids is 3. The second-order valence-electron chi connectivity index (χ2n) is 12.5. The Balaban J connectivity index is 1.46. The fourth-order valence-corrected chi connectivity index (χ4v) is 5.06. The number of rotatable bonds is 9. The number of aromatic nitrogens is 2. The van der Waals surface area contributed by atoms with Crippen LogP contribution < -0.4 is 9.80 Å². The van der Waals surface area contributed by atoms with E-state index in [9.17, 15) is 18.9 Å². The largest absolute Gasteiger partial charge is 0.508 e. The molecular formula is C28H38FN5O9P+. The van der Waals surface area contributed by atoms with E-state index in [0.717, 1.165) is 18.2 Å². The highest BCUT2D eigenvalue weighted by Gasteiger charge is 2.52. The average molecular weight is 639 g/mol. The normalized spacial score (nSPS) is 17.2. The topological polar surface area (TPSA) is 142 Å². The van der Waals surface area contributed by atoms with Crippen molar-refractivity contribution in [3.8, 4) is 0 Å². The van der Waals surface area contributed by atoms with Gasteiger partial charge >= 0.3 is 27.0 Å². The summed E-state index contributed by atoms with van der Waals surface area (Å²) in [6, 6.07) is 4.41. The number of hydrogen-bond donors (Lipinski definition) is 0. The Labute approximate surface area is 256 Å². The molecular weight excluding hydrogens is 600 g/mol. The Hall–Kier alpha value is -3.65. The fraction of sp³-hybridized carbons (Fsp3) is 0.571. The zero-order chi connectivity index (χ0) is 32.6. The van der Waals surface area contributed by atoms with Crippen molar-refractivity contribution in [3.05, 3.63) is 41.5 Å². The van der Waals surface area contributed by atoms with E-state index < -0.39 is 62.6 Å². The van der Waals surface area contributed by atoms with Gasteiger partial charge in [-0.05, 0) is 68.8 Å². The molecule has 0 spiro atoms. The Kier molecular flexibility index (Phi) is 9.36. The lowest BCUT2D eigenvalue weighted by molar-refractivity contribution is -0.488. The van der Waals surface area contributed by atoms with Crippen LogP contribution in [0.15, 0.2) is 24.4 Å². The summed E-state index contributed by atoms with van der Waals surface area (Å²) in [5.41, 5.74) is 0.490. The van der Waals surface area contributed by atoms with Gasteiger partial charge < -0.3 is 14.4 Å². The molecule has 0 saturated carbocycles. The third-order valence-corrected chi connectivity index (χ3v) is 6.71. The molecule has 2 unspecified atom stereocenters. The number of hydrogen-bond acceptors (Lipinski definition) is 11. The predicted molar refractivity (Wildman–Crippen MR) is 155 cm³/mol.